The van der Waals surface area contributed by atoms with Crippen LogP contribution in [-0.4, -0.2) is 21.2 Å². The Hall–Kier alpha value is -1.75. The Kier molecular flexibility index (Phi) is 3.29. The first-order valence-corrected chi connectivity index (χ1v) is 6.74. The van der Waals surface area contributed by atoms with Crippen molar-refractivity contribution in [1.29, 1.82) is 0 Å². The van der Waals surface area contributed by atoms with Gasteiger partial charge in [-0.15, -0.1) is 0 Å². The van der Waals surface area contributed by atoms with Crippen LogP contribution in [0.5, 0.6) is 0 Å². The van der Waals surface area contributed by atoms with Gasteiger partial charge in [0.2, 0.25) is 11.7 Å². The Labute approximate surface area is 112 Å². The van der Waals surface area contributed by atoms with Crippen molar-refractivity contribution in [3.8, 4) is 11.4 Å². The summed E-state index contributed by atoms with van der Waals surface area (Å²) in [6, 6.07) is 2.25. The molecular formula is C14H18N4O. The molecule has 0 radical (unpaired) electrons. The van der Waals surface area contributed by atoms with E-state index in [2.05, 4.69) is 15.1 Å². The molecule has 0 atom stereocenters. The Balaban J connectivity index is 1.82. The van der Waals surface area contributed by atoms with Crippen molar-refractivity contribution in [3.63, 3.8) is 0 Å². The van der Waals surface area contributed by atoms with Gasteiger partial charge in [0, 0.05) is 29.9 Å². The van der Waals surface area contributed by atoms with Crippen LogP contribution in [0.1, 0.15) is 43.1 Å². The van der Waals surface area contributed by atoms with Crippen LogP contribution >= 0.6 is 0 Å². The molecule has 1 aliphatic carbocycles. The quantitative estimate of drug-likeness (QED) is 0.895. The van der Waals surface area contributed by atoms with Crippen molar-refractivity contribution < 1.29 is 4.52 Å². The fraction of sp³-hybridized carbons (Fsp3) is 0.500. The standard InChI is InChI=1S/C14H18N4O/c1-9-8-16-7-6-12(9)13-17-14(19-18-13)10-2-4-11(15)5-3-10/h6-8,10-11H,2-5,15H2,1H3. The summed E-state index contributed by atoms with van der Waals surface area (Å²) >= 11 is 0. The predicted molar refractivity (Wildman–Crippen MR) is 71.5 cm³/mol. The number of nitrogens with zero attached hydrogens (tertiary/aromatic N) is 3. The molecule has 2 aromatic heterocycles. The maximum Gasteiger partial charge on any atom is 0.230 e. The van der Waals surface area contributed by atoms with Crippen molar-refractivity contribution in [2.45, 2.75) is 44.6 Å². The zero-order valence-corrected chi connectivity index (χ0v) is 11.0. The highest BCUT2D eigenvalue weighted by atomic mass is 16.5. The maximum absolute atomic E-state index is 5.92. The summed E-state index contributed by atoms with van der Waals surface area (Å²) in [4.78, 5) is 8.62. The molecule has 3 rings (SSSR count). The molecule has 0 amide bonds. The summed E-state index contributed by atoms with van der Waals surface area (Å²) < 4.78 is 5.43. The molecule has 5 nitrogen and oxygen atoms in total. The van der Waals surface area contributed by atoms with Gasteiger partial charge in [-0.2, -0.15) is 4.98 Å². The van der Waals surface area contributed by atoms with E-state index in [1.807, 2.05) is 19.2 Å². The second-order valence-electron chi connectivity index (χ2n) is 5.26. The summed E-state index contributed by atoms with van der Waals surface area (Å²) in [7, 11) is 0. The van der Waals surface area contributed by atoms with Crippen LogP contribution in [0.25, 0.3) is 11.4 Å². The largest absolute Gasteiger partial charge is 0.339 e. The van der Waals surface area contributed by atoms with E-state index < -0.39 is 0 Å². The predicted octanol–water partition coefficient (Wildman–Crippen LogP) is 2.42. The van der Waals surface area contributed by atoms with Crippen molar-refractivity contribution in [2.24, 2.45) is 5.73 Å². The zero-order valence-electron chi connectivity index (χ0n) is 11.0. The molecule has 2 heterocycles. The van der Waals surface area contributed by atoms with E-state index in [0.29, 0.717) is 17.8 Å². The molecule has 2 N–H and O–H groups in total. The highest BCUT2D eigenvalue weighted by molar-refractivity contribution is 5.57. The van der Waals surface area contributed by atoms with Gasteiger partial charge >= 0.3 is 0 Å². The second kappa shape index (κ2) is 5.09. The fourth-order valence-corrected chi connectivity index (χ4v) is 2.60. The molecular weight excluding hydrogens is 240 g/mol. The number of rotatable bonds is 2. The summed E-state index contributed by atoms with van der Waals surface area (Å²) in [5, 5.41) is 4.10. The van der Waals surface area contributed by atoms with Gasteiger partial charge in [-0.1, -0.05) is 5.16 Å². The molecule has 0 unspecified atom stereocenters. The van der Waals surface area contributed by atoms with Gasteiger partial charge in [0.05, 0.1) is 0 Å². The third-order valence-electron chi connectivity index (χ3n) is 3.82. The van der Waals surface area contributed by atoms with Gasteiger partial charge in [0.1, 0.15) is 0 Å². The van der Waals surface area contributed by atoms with Crippen molar-refractivity contribution in [1.82, 2.24) is 15.1 Å². The van der Waals surface area contributed by atoms with Crippen LogP contribution in [0.2, 0.25) is 0 Å². The van der Waals surface area contributed by atoms with Crippen molar-refractivity contribution in [2.75, 3.05) is 0 Å². The van der Waals surface area contributed by atoms with E-state index in [4.69, 9.17) is 10.3 Å². The molecule has 100 valence electrons. The minimum atomic E-state index is 0.334. The molecule has 0 saturated heterocycles. The van der Waals surface area contributed by atoms with E-state index in [1.165, 1.54) is 0 Å². The summed E-state index contributed by atoms with van der Waals surface area (Å²) in [6.07, 6.45) is 7.71. The maximum atomic E-state index is 5.92. The summed E-state index contributed by atoms with van der Waals surface area (Å²) in [5.74, 6) is 1.77. The molecule has 1 fully saturated rings. The number of hydrogen-bond donors (Lipinski definition) is 1. The van der Waals surface area contributed by atoms with Crippen LogP contribution in [-0.2, 0) is 0 Å². The van der Waals surface area contributed by atoms with Gasteiger partial charge < -0.3 is 10.3 Å². The SMILES string of the molecule is Cc1cnccc1-c1noc(C2CCC(N)CC2)n1. The summed E-state index contributed by atoms with van der Waals surface area (Å²) in [5.41, 5.74) is 7.96. The van der Waals surface area contributed by atoms with Gasteiger partial charge in [-0.25, -0.2) is 0 Å². The van der Waals surface area contributed by atoms with Gasteiger partial charge in [0.25, 0.3) is 0 Å². The van der Waals surface area contributed by atoms with Gasteiger partial charge in [0.15, 0.2) is 0 Å². The van der Waals surface area contributed by atoms with Gasteiger partial charge in [-0.3, -0.25) is 4.98 Å². The lowest BCUT2D eigenvalue weighted by Gasteiger charge is -2.22. The van der Waals surface area contributed by atoms with Crippen molar-refractivity contribution >= 4 is 0 Å². The van der Waals surface area contributed by atoms with E-state index >= 15 is 0 Å². The van der Waals surface area contributed by atoms with E-state index in [-0.39, 0.29) is 0 Å². The number of nitrogens with two attached hydrogens (primary N) is 1. The lowest BCUT2D eigenvalue weighted by Crippen LogP contribution is -2.25. The molecule has 2 aromatic rings. The summed E-state index contributed by atoms with van der Waals surface area (Å²) in [6.45, 7) is 2.00. The Morgan fingerprint density at radius 2 is 2.05 bits per heavy atom. The number of pyridine rings is 1. The van der Waals surface area contributed by atoms with E-state index in [0.717, 1.165) is 42.7 Å². The Morgan fingerprint density at radius 1 is 1.26 bits per heavy atom. The molecule has 5 heteroatoms. The zero-order chi connectivity index (χ0) is 13.2. The van der Waals surface area contributed by atoms with E-state index in [9.17, 15) is 0 Å². The highest BCUT2D eigenvalue weighted by Gasteiger charge is 2.25. The van der Waals surface area contributed by atoms with Crippen LogP contribution in [0.4, 0.5) is 0 Å². The molecule has 1 aliphatic rings. The fourth-order valence-electron chi connectivity index (χ4n) is 2.60. The van der Waals surface area contributed by atoms with E-state index in [1.54, 1.807) is 6.20 Å². The lowest BCUT2D eigenvalue weighted by molar-refractivity contribution is 0.301. The minimum Gasteiger partial charge on any atom is -0.339 e. The average Bonchev–Trinajstić information content (AvgIpc) is 2.89. The van der Waals surface area contributed by atoms with Crippen LogP contribution < -0.4 is 5.73 Å². The van der Waals surface area contributed by atoms with Crippen molar-refractivity contribution in [3.05, 3.63) is 29.9 Å². The molecule has 0 spiro atoms. The Morgan fingerprint density at radius 3 is 2.79 bits per heavy atom. The topological polar surface area (TPSA) is 77.8 Å². The second-order valence-corrected chi connectivity index (χ2v) is 5.26. The number of aromatic nitrogens is 3. The molecule has 19 heavy (non-hydrogen) atoms. The molecule has 1 saturated carbocycles. The molecule has 0 aromatic carbocycles. The number of aryl methyl sites for hydroxylation is 1. The Bertz CT molecular complexity index is 558. The smallest absolute Gasteiger partial charge is 0.230 e. The van der Waals surface area contributed by atoms with Crippen LogP contribution in [0.15, 0.2) is 23.0 Å². The third kappa shape index (κ3) is 2.51. The molecule has 0 aliphatic heterocycles. The average molecular weight is 258 g/mol. The normalized spacial score (nSPS) is 23.5. The van der Waals surface area contributed by atoms with Crippen LogP contribution in [0, 0.1) is 6.92 Å². The first-order chi connectivity index (χ1) is 9.24. The first-order valence-electron chi connectivity index (χ1n) is 6.74. The van der Waals surface area contributed by atoms with Crippen LogP contribution in [0.3, 0.4) is 0 Å². The first kappa shape index (κ1) is 12.3. The minimum absolute atomic E-state index is 0.334. The highest BCUT2D eigenvalue weighted by Crippen LogP contribution is 2.32. The lowest BCUT2D eigenvalue weighted by atomic mass is 9.86. The molecule has 0 bridgehead atoms. The third-order valence-corrected chi connectivity index (χ3v) is 3.82. The monoisotopic (exact) mass is 258 g/mol. The number of hydrogen-bond acceptors (Lipinski definition) is 5. The van der Waals surface area contributed by atoms with Gasteiger partial charge in [-0.05, 0) is 44.2 Å².